The average Bonchev–Trinajstić information content (AvgIpc) is 3.25. The van der Waals surface area contributed by atoms with Gasteiger partial charge in [0.05, 0.1) is 25.1 Å². The number of nitrogens with one attached hydrogen (secondary N) is 1. The number of anilines is 1. The molecule has 1 heterocycles. The minimum atomic E-state index is -0.0746. The summed E-state index contributed by atoms with van der Waals surface area (Å²) in [5, 5.41) is 7.36. The van der Waals surface area contributed by atoms with Gasteiger partial charge in [-0.2, -0.15) is 5.10 Å². The molecule has 0 bridgehead atoms. The van der Waals surface area contributed by atoms with Gasteiger partial charge < -0.3 is 10.1 Å². The fraction of sp³-hybridized carbons (Fsp3) is 0.571. The number of hydrogen-bond donors (Lipinski definition) is 1. The van der Waals surface area contributed by atoms with Crippen LogP contribution in [0.5, 0.6) is 0 Å². The molecule has 1 N–H and O–H groups in total. The zero-order valence-electron chi connectivity index (χ0n) is 11.5. The van der Waals surface area contributed by atoms with Gasteiger partial charge in [-0.25, -0.2) is 4.68 Å². The molecule has 1 saturated carbocycles. The number of rotatable bonds is 9. The summed E-state index contributed by atoms with van der Waals surface area (Å²) in [7, 11) is 0. The van der Waals surface area contributed by atoms with Gasteiger partial charge >= 0.3 is 0 Å². The molecular weight excluding hydrogens is 322 g/mol. The van der Waals surface area contributed by atoms with Crippen LogP contribution in [0.2, 0.25) is 0 Å². The molecule has 1 aromatic rings. The summed E-state index contributed by atoms with van der Waals surface area (Å²) in [6.07, 6.45) is 6.77. The van der Waals surface area contributed by atoms with Crippen LogP contribution in [0.25, 0.3) is 0 Å². The van der Waals surface area contributed by atoms with Crippen LogP contribution >= 0.6 is 15.9 Å². The Kier molecular flexibility index (Phi) is 5.79. The highest BCUT2D eigenvalue weighted by Crippen LogP contribution is 2.30. The summed E-state index contributed by atoms with van der Waals surface area (Å²) in [6, 6.07) is 0. The molecule has 20 heavy (non-hydrogen) atoms. The first kappa shape index (κ1) is 15.3. The molecule has 0 radical (unpaired) electrons. The van der Waals surface area contributed by atoms with Crippen molar-refractivity contribution >= 4 is 21.6 Å². The van der Waals surface area contributed by atoms with Crippen LogP contribution in [-0.4, -0.2) is 29.5 Å². The third kappa shape index (κ3) is 4.45. The molecule has 1 aliphatic rings. The van der Waals surface area contributed by atoms with Crippen LogP contribution in [0.1, 0.15) is 19.3 Å². The van der Waals surface area contributed by atoms with Crippen molar-refractivity contribution < 1.29 is 4.74 Å². The Balaban J connectivity index is 1.83. The second kappa shape index (κ2) is 7.59. The van der Waals surface area contributed by atoms with Gasteiger partial charge in [-0.05, 0) is 41.1 Å². The fourth-order valence-electron chi connectivity index (χ4n) is 1.79. The normalized spacial score (nSPS) is 14.2. The van der Waals surface area contributed by atoms with E-state index in [1.807, 2.05) is 6.08 Å². The second-order valence-corrected chi connectivity index (χ2v) is 5.71. The highest BCUT2D eigenvalue weighted by atomic mass is 79.9. The van der Waals surface area contributed by atoms with E-state index in [4.69, 9.17) is 4.74 Å². The molecule has 0 saturated heterocycles. The first-order chi connectivity index (χ1) is 9.72. The summed E-state index contributed by atoms with van der Waals surface area (Å²) in [4.78, 5) is 12.1. The molecule has 0 atom stereocenters. The zero-order valence-corrected chi connectivity index (χ0v) is 13.1. The molecule has 2 rings (SSSR count). The number of nitrogens with zero attached hydrogens (tertiary/aromatic N) is 2. The maximum Gasteiger partial charge on any atom is 0.283 e. The quantitative estimate of drug-likeness (QED) is 0.553. The molecule has 1 aromatic heterocycles. The van der Waals surface area contributed by atoms with Crippen molar-refractivity contribution in [1.82, 2.24) is 9.78 Å². The average molecular weight is 342 g/mol. The third-order valence-corrected chi connectivity index (χ3v) is 3.91. The zero-order chi connectivity index (χ0) is 14.4. The lowest BCUT2D eigenvalue weighted by atomic mass is 10.4. The Morgan fingerprint density at radius 2 is 2.35 bits per heavy atom. The van der Waals surface area contributed by atoms with Crippen LogP contribution in [-0.2, 0) is 11.3 Å². The third-order valence-electron chi connectivity index (χ3n) is 3.14. The van der Waals surface area contributed by atoms with Crippen molar-refractivity contribution in [3.05, 3.63) is 33.7 Å². The van der Waals surface area contributed by atoms with Gasteiger partial charge in [-0.3, -0.25) is 4.79 Å². The number of hydrogen-bond acceptors (Lipinski definition) is 4. The maximum absolute atomic E-state index is 12.1. The molecule has 5 nitrogen and oxygen atoms in total. The highest BCUT2D eigenvalue weighted by Gasteiger charge is 2.23. The number of halogens is 1. The van der Waals surface area contributed by atoms with Crippen molar-refractivity contribution in [2.45, 2.75) is 25.8 Å². The number of ether oxygens (including phenoxy) is 1. The monoisotopic (exact) mass is 341 g/mol. The van der Waals surface area contributed by atoms with Crippen molar-refractivity contribution in [3.8, 4) is 0 Å². The van der Waals surface area contributed by atoms with Gasteiger partial charge in [-0.15, -0.1) is 6.58 Å². The standard InChI is InChI=1S/C14H20BrN3O2/c1-2-3-7-20-8-6-16-12-9-17-18(10-11-4-5-11)14(19)13(12)15/h2,9,11,16H,1,3-8,10H2. The summed E-state index contributed by atoms with van der Waals surface area (Å²) in [5.74, 6) is 0.629. The van der Waals surface area contributed by atoms with Gasteiger partial charge in [0.2, 0.25) is 0 Å². The van der Waals surface area contributed by atoms with Crippen molar-refractivity contribution in [1.29, 1.82) is 0 Å². The predicted molar refractivity (Wildman–Crippen MR) is 83.0 cm³/mol. The van der Waals surface area contributed by atoms with Gasteiger partial charge in [0.25, 0.3) is 5.56 Å². The Labute approximate surface area is 127 Å². The topological polar surface area (TPSA) is 56.1 Å². The van der Waals surface area contributed by atoms with E-state index in [0.29, 0.717) is 30.1 Å². The van der Waals surface area contributed by atoms with E-state index in [9.17, 15) is 4.79 Å². The molecule has 1 aliphatic carbocycles. The maximum atomic E-state index is 12.1. The summed E-state index contributed by atoms with van der Waals surface area (Å²) < 4.78 is 7.47. The Morgan fingerprint density at radius 1 is 1.55 bits per heavy atom. The summed E-state index contributed by atoms with van der Waals surface area (Å²) in [5.41, 5.74) is 0.642. The van der Waals surface area contributed by atoms with Crippen molar-refractivity contribution in [3.63, 3.8) is 0 Å². The van der Waals surface area contributed by atoms with E-state index < -0.39 is 0 Å². The van der Waals surface area contributed by atoms with Gasteiger partial charge in [0.1, 0.15) is 4.47 Å². The highest BCUT2D eigenvalue weighted by molar-refractivity contribution is 9.10. The predicted octanol–water partition coefficient (Wildman–Crippen LogP) is 2.42. The van der Waals surface area contributed by atoms with E-state index in [0.717, 1.165) is 18.7 Å². The molecular formula is C14H20BrN3O2. The van der Waals surface area contributed by atoms with Gasteiger partial charge in [0.15, 0.2) is 0 Å². The minimum absolute atomic E-state index is 0.0746. The van der Waals surface area contributed by atoms with E-state index in [1.54, 1.807) is 6.20 Å². The SMILES string of the molecule is C=CCCOCCNc1cnn(CC2CC2)c(=O)c1Br. The fourth-order valence-corrected chi connectivity index (χ4v) is 2.24. The Hall–Kier alpha value is -1.14. The van der Waals surface area contributed by atoms with E-state index in [1.165, 1.54) is 17.5 Å². The van der Waals surface area contributed by atoms with Crippen molar-refractivity contribution in [2.24, 2.45) is 5.92 Å². The lowest BCUT2D eigenvalue weighted by Gasteiger charge is -2.10. The largest absolute Gasteiger partial charge is 0.380 e. The molecule has 6 heteroatoms. The van der Waals surface area contributed by atoms with Crippen LogP contribution < -0.4 is 10.9 Å². The minimum Gasteiger partial charge on any atom is -0.380 e. The van der Waals surface area contributed by atoms with Crippen LogP contribution in [0, 0.1) is 5.92 Å². The molecule has 0 aliphatic heterocycles. The molecule has 110 valence electrons. The second-order valence-electron chi connectivity index (χ2n) is 4.92. The van der Waals surface area contributed by atoms with Crippen LogP contribution in [0.3, 0.4) is 0 Å². The van der Waals surface area contributed by atoms with Crippen molar-refractivity contribution in [2.75, 3.05) is 25.1 Å². The van der Waals surface area contributed by atoms with Crippen LogP contribution in [0.4, 0.5) is 5.69 Å². The lowest BCUT2D eigenvalue weighted by molar-refractivity contribution is 0.149. The van der Waals surface area contributed by atoms with Gasteiger partial charge in [0, 0.05) is 13.1 Å². The first-order valence-corrected chi connectivity index (χ1v) is 7.69. The molecule has 1 fully saturated rings. The smallest absolute Gasteiger partial charge is 0.283 e. The molecule has 0 aromatic carbocycles. The van der Waals surface area contributed by atoms with Gasteiger partial charge in [-0.1, -0.05) is 6.08 Å². The summed E-state index contributed by atoms with van der Waals surface area (Å²) in [6.45, 7) is 6.26. The lowest BCUT2D eigenvalue weighted by Crippen LogP contribution is -2.25. The Bertz CT molecular complexity index is 512. The summed E-state index contributed by atoms with van der Waals surface area (Å²) >= 11 is 3.35. The first-order valence-electron chi connectivity index (χ1n) is 6.90. The molecule has 0 spiro atoms. The van der Waals surface area contributed by atoms with E-state index in [2.05, 4.69) is 32.9 Å². The molecule has 0 amide bonds. The molecule has 0 unspecified atom stereocenters. The van der Waals surface area contributed by atoms with E-state index in [-0.39, 0.29) is 5.56 Å². The number of aromatic nitrogens is 2. The van der Waals surface area contributed by atoms with E-state index >= 15 is 0 Å². The Morgan fingerprint density at radius 3 is 3.05 bits per heavy atom. The van der Waals surface area contributed by atoms with Crippen LogP contribution in [0.15, 0.2) is 28.1 Å².